The molecule has 2 heterocycles. The molecule has 210 valence electrons. The minimum absolute atomic E-state index is 0.412. The maximum Gasteiger partial charge on any atom is 0.0236 e. The van der Waals surface area contributed by atoms with E-state index in [2.05, 4.69) is 112 Å². The van der Waals surface area contributed by atoms with Crippen molar-refractivity contribution in [2.24, 2.45) is 0 Å². The topological polar surface area (TPSA) is 37.0 Å². The third-order valence-electron chi connectivity index (χ3n) is 8.31. The van der Waals surface area contributed by atoms with Gasteiger partial charge in [-0.05, 0) is 64.5 Å². The third kappa shape index (κ3) is 10.1. The predicted octanol–water partition coefficient (Wildman–Crippen LogP) is 2.66. The fourth-order valence-electron chi connectivity index (χ4n) is 5.97. The van der Waals surface area contributed by atoms with Gasteiger partial charge >= 0.3 is 0 Å². The molecule has 0 saturated carbocycles. The fraction of sp³-hybridized carbons (Fsp3) is 0.625. The second kappa shape index (κ2) is 15.7. The van der Waals surface area contributed by atoms with Gasteiger partial charge in [-0.25, -0.2) is 0 Å². The number of hydrogen-bond acceptors (Lipinski definition) is 6. The molecule has 0 unspecified atom stereocenters. The SMILES string of the molecule is CN(C)CCN[C@H](CN[C@@H](Cc1ccccc1)CN1CCC[C@H]1CN1CCN(C)CC1)Cc1ccccc1. The quantitative estimate of drug-likeness (QED) is 0.376. The highest BCUT2D eigenvalue weighted by molar-refractivity contribution is 5.17. The Morgan fingerprint density at radius 3 is 2.08 bits per heavy atom. The Kier molecular flexibility index (Phi) is 12.1. The van der Waals surface area contributed by atoms with E-state index < -0.39 is 0 Å². The molecule has 4 rings (SSSR count). The number of piperazine rings is 1. The second-order valence-electron chi connectivity index (χ2n) is 11.8. The molecule has 0 amide bonds. The van der Waals surface area contributed by atoms with Crippen molar-refractivity contribution in [2.45, 2.75) is 43.8 Å². The summed E-state index contributed by atoms with van der Waals surface area (Å²) >= 11 is 0. The van der Waals surface area contributed by atoms with Gasteiger partial charge in [0.1, 0.15) is 0 Å². The van der Waals surface area contributed by atoms with Crippen LogP contribution in [-0.4, -0.2) is 124 Å². The lowest BCUT2D eigenvalue weighted by Gasteiger charge is -2.37. The maximum atomic E-state index is 4.05. The average molecular weight is 521 g/mol. The summed E-state index contributed by atoms with van der Waals surface area (Å²) in [4.78, 5) is 10.2. The van der Waals surface area contributed by atoms with Gasteiger partial charge in [-0.15, -0.1) is 0 Å². The van der Waals surface area contributed by atoms with E-state index in [0.717, 1.165) is 39.0 Å². The van der Waals surface area contributed by atoms with Crippen LogP contribution in [-0.2, 0) is 12.8 Å². The van der Waals surface area contributed by atoms with E-state index in [1.54, 1.807) is 0 Å². The van der Waals surface area contributed by atoms with Gasteiger partial charge in [0.2, 0.25) is 0 Å². The molecule has 2 saturated heterocycles. The van der Waals surface area contributed by atoms with Crippen molar-refractivity contribution in [3.8, 4) is 0 Å². The molecule has 0 aliphatic carbocycles. The molecule has 2 fully saturated rings. The molecular weight excluding hydrogens is 468 g/mol. The van der Waals surface area contributed by atoms with Crippen molar-refractivity contribution in [2.75, 3.05) is 86.6 Å². The fourth-order valence-corrected chi connectivity index (χ4v) is 5.97. The standard InChI is InChI=1S/C32H52N6/c1-35(2)18-16-33-30(23-28-11-6-4-7-12-28)25-34-31(24-29-13-8-5-9-14-29)26-38-17-10-15-32(38)27-37-21-19-36(3)20-22-37/h4-9,11-14,30-34H,10,15-27H2,1-3H3/t30-,31-,32-/m0/s1. The van der Waals surface area contributed by atoms with Crippen molar-refractivity contribution in [3.63, 3.8) is 0 Å². The summed E-state index contributed by atoms with van der Waals surface area (Å²) in [6.45, 7) is 11.5. The molecule has 2 aliphatic rings. The van der Waals surface area contributed by atoms with E-state index in [-0.39, 0.29) is 0 Å². The zero-order valence-electron chi connectivity index (χ0n) is 24.2. The first kappa shape index (κ1) is 29.2. The first-order valence-electron chi connectivity index (χ1n) is 14.9. The van der Waals surface area contributed by atoms with Gasteiger partial charge in [0.15, 0.2) is 0 Å². The lowest BCUT2D eigenvalue weighted by molar-refractivity contribution is 0.112. The lowest BCUT2D eigenvalue weighted by atomic mass is 10.0. The van der Waals surface area contributed by atoms with Crippen LogP contribution in [0.5, 0.6) is 0 Å². The van der Waals surface area contributed by atoms with Gasteiger partial charge in [-0.2, -0.15) is 0 Å². The van der Waals surface area contributed by atoms with E-state index in [4.69, 9.17) is 0 Å². The van der Waals surface area contributed by atoms with Crippen LogP contribution in [0, 0.1) is 0 Å². The smallest absolute Gasteiger partial charge is 0.0236 e. The molecule has 2 aromatic carbocycles. The normalized spacial score (nSPS) is 21.2. The molecule has 0 spiro atoms. The molecule has 6 heteroatoms. The monoisotopic (exact) mass is 520 g/mol. The van der Waals surface area contributed by atoms with Crippen LogP contribution < -0.4 is 10.6 Å². The summed E-state index contributed by atoms with van der Waals surface area (Å²) in [6.07, 6.45) is 4.80. The van der Waals surface area contributed by atoms with Crippen molar-refractivity contribution in [3.05, 3.63) is 71.8 Å². The number of hydrogen-bond donors (Lipinski definition) is 2. The Balaban J connectivity index is 1.38. The van der Waals surface area contributed by atoms with Gasteiger partial charge in [-0.1, -0.05) is 60.7 Å². The first-order valence-corrected chi connectivity index (χ1v) is 14.9. The second-order valence-corrected chi connectivity index (χ2v) is 11.8. The number of benzene rings is 2. The van der Waals surface area contributed by atoms with Crippen molar-refractivity contribution < 1.29 is 0 Å². The molecule has 3 atom stereocenters. The molecular formula is C32H52N6. The highest BCUT2D eigenvalue weighted by Gasteiger charge is 2.29. The number of rotatable bonds is 15. The van der Waals surface area contributed by atoms with Gasteiger partial charge in [0, 0.05) is 77.0 Å². The van der Waals surface area contributed by atoms with Crippen LogP contribution in [0.4, 0.5) is 0 Å². The van der Waals surface area contributed by atoms with Crippen molar-refractivity contribution in [1.29, 1.82) is 0 Å². The maximum absolute atomic E-state index is 4.05. The third-order valence-corrected chi connectivity index (χ3v) is 8.31. The molecule has 0 aromatic heterocycles. The van der Waals surface area contributed by atoms with Crippen molar-refractivity contribution >= 4 is 0 Å². The number of likely N-dealkylation sites (N-methyl/N-ethyl adjacent to an activating group) is 2. The van der Waals surface area contributed by atoms with E-state index in [9.17, 15) is 0 Å². The van der Waals surface area contributed by atoms with Gasteiger partial charge < -0.3 is 20.4 Å². The molecule has 2 aromatic rings. The highest BCUT2D eigenvalue weighted by atomic mass is 15.3. The summed E-state index contributed by atoms with van der Waals surface area (Å²) < 4.78 is 0. The van der Waals surface area contributed by atoms with Crippen LogP contribution in [0.2, 0.25) is 0 Å². The van der Waals surface area contributed by atoms with Gasteiger partial charge in [0.05, 0.1) is 0 Å². The largest absolute Gasteiger partial charge is 0.311 e. The van der Waals surface area contributed by atoms with E-state index >= 15 is 0 Å². The van der Waals surface area contributed by atoms with E-state index in [0.29, 0.717) is 18.1 Å². The molecule has 6 nitrogen and oxygen atoms in total. The highest BCUT2D eigenvalue weighted by Crippen LogP contribution is 2.20. The first-order chi connectivity index (χ1) is 18.5. The minimum Gasteiger partial charge on any atom is -0.311 e. The summed E-state index contributed by atoms with van der Waals surface area (Å²) in [5.74, 6) is 0. The molecule has 2 N–H and O–H groups in total. The minimum atomic E-state index is 0.412. The molecule has 0 radical (unpaired) electrons. The zero-order chi connectivity index (χ0) is 26.6. The summed E-state index contributed by atoms with van der Waals surface area (Å²) in [7, 11) is 6.55. The van der Waals surface area contributed by atoms with Crippen LogP contribution >= 0.6 is 0 Å². The Labute approximate surface area is 232 Å². The van der Waals surface area contributed by atoms with E-state index in [1.807, 2.05) is 0 Å². The Morgan fingerprint density at radius 1 is 0.816 bits per heavy atom. The number of nitrogens with one attached hydrogen (secondary N) is 2. The Morgan fingerprint density at radius 2 is 1.45 bits per heavy atom. The molecule has 0 bridgehead atoms. The van der Waals surface area contributed by atoms with Crippen LogP contribution in [0.3, 0.4) is 0 Å². The lowest BCUT2D eigenvalue weighted by Crippen LogP contribution is -2.52. The molecule has 2 aliphatic heterocycles. The number of likely N-dealkylation sites (tertiary alicyclic amines) is 1. The number of nitrogens with zero attached hydrogens (tertiary/aromatic N) is 4. The van der Waals surface area contributed by atoms with Crippen LogP contribution in [0.25, 0.3) is 0 Å². The van der Waals surface area contributed by atoms with Crippen LogP contribution in [0.15, 0.2) is 60.7 Å². The predicted molar refractivity (Wildman–Crippen MR) is 161 cm³/mol. The van der Waals surface area contributed by atoms with E-state index in [1.165, 1.54) is 63.2 Å². The molecule has 38 heavy (non-hydrogen) atoms. The Bertz CT molecular complexity index is 883. The average Bonchev–Trinajstić information content (AvgIpc) is 3.35. The zero-order valence-corrected chi connectivity index (χ0v) is 24.2. The van der Waals surface area contributed by atoms with Gasteiger partial charge in [-0.3, -0.25) is 9.80 Å². The Hall–Kier alpha value is -1.80. The van der Waals surface area contributed by atoms with Crippen molar-refractivity contribution in [1.82, 2.24) is 30.2 Å². The summed E-state index contributed by atoms with van der Waals surface area (Å²) in [6, 6.07) is 23.6. The summed E-state index contributed by atoms with van der Waals surface area (Å²) in [5, 5.41) is 7.90. The van der Waals surface area contributed by atoms with Gasteiger partial charge in [0.25, 0.3) is 0 Å². The summed E-state index contributed by atoms with van der Waals surface area (Å²) in [5.41, 5.74) is 2.84. The van der Waals surface area contributed by atoms with Crippen LogP contribution in [0.1, 0.15) is 24.0 Å².